The zero-order chi connectivity index (χ0) is 18.4. The Hall–Kier alpha value is -3.94. The molecule has 2 N–H and O–H groups in total. The molecule has 8 heteroatoms. The van der Waals surface area contributed by atoms with Crippen molar-refractivity contribution in [2.24, 2.45) is 0 Å². The summed E-state index contributed by atoms with van der Waals surface area (Å²) in [6.45, 7) is 0. The fourth-order valence-electron chi connectivity index (χ4n) is 2.85. The summed E-state index contributed by atoms with van der Waals surface area (Å²) in [4.78, 5) is 26.2. The molecule has 0 amide bonds. The number of nitro groups is 1. The predicted molar refractivity (Wildman–Crippen MR) is 92.2 cm³/mol. The van der Waals surface area contributed by atoms with Gasteiger partial charge in [0.2, 0.25) is 11.6 Å². The van der Waals surface area contributed by atoms with Gasteiger partial charge in [0.05, 0.1) is 21.4 Å². The van der Waals surface area contributed by atoms with Crippen LogP contribution in [0.5, 0.6) is 5.75 Å². The molecule has 0 unspecified atom stereocenters. The molecule has 4 rings (SSSR count). The van der Waals surface area contributed by atoms with Gasteiger partial charge >= 0.3 is 11.7 Å². The minimum Gasteiger partial charge on any atom is -0.502 e. The van der Waals surface area contributed by atoms with Crippen LogP contribution in [0.1, 0.15) is 10.4 Å². The van der Waals surface area contributed by atoms with Crippen LogP contribution in [-0.2, 0) is 0 Å². The highest BCUT2D eigenvalue weighted by Crippen LogP contribution is 2.43. The summed E-state index contributed by atoms with van der Waals surface area (Å²) in [5, 5.41) is 31.5. The van der Waals surface area contributed by atoms with E-state index < -0.39 is 22.3 Å². The number of fused-ring (bicyclic) bond motifs is 2. The number of nitrogens with zero attached hydrogens (tertiary/aromatic N) is 2. The Kier molecular flexibility index (Phi) is 3.33. The van der Waals surface area contributed by atoms with E-state index in [1.807, 2.05) is 0 Å². The molecule has 0 spiro atoms. The lowest BCUT2D eigenvalue weighted by molar-refractivity contribution is -0.384. The van der Waals surface area contributed by atoms with Crippen LogP contribution in [0.25, 0.3) is 33.3 Å². The topological polar surface area (TPSA) is 127 Å². The molecule has 0 atom stereocenters. The standard InChI is InChI=1S/C18H10N2O6/c21-16-12(17-19-13-3-1-2-4-14(13)26-17)8-10-7-9(18(22)23)5-6-11(10)15(16)20(24)25/h1-8,21H,(H,22,23). The van der Waals surface area contributed by atoms with Crippen LogP contribution in [0.2, 0.25) is 0 Å². The Bertz CT molecular complexity index is 1180. The van der Waals surface area contributed by atoms with Gasteiger partial charge < -0.3 is 14.6 Å². The highest BCUT2D eigenvalue weighted by molar-refractivity contribution is 6.02. The molecule has 0 fully saturated rings. The van der Waals surface area contributed by atoms with Gasteiger partial charge in [-0.25, -0.2) is 9.78 Å². The van der Waals surface area contributed by atoms with Crippen molar-refractivity contribution in [3.05, 3.63) is 64.2 Å². The summed E-state index contributed by atoms with van der Waals surface area (Å²) in [5.74, 6) is -1.74. The number of nitro benzene ring substituents is 1. The van der Waals surface area contributed by atoms with Crippen LogP contribution in [0, 0.1) is 10.1 Å². The van der Waals surface area contributed by atoms with Crippen molar-refractivity contribution < 1.29 is 24.3 Å². The lowest BCUT2D eigenvalue weighted by Gasteiger charge is -2.07. The fraction of sp³-hybridized carbons (Fsp3) is 0. The van der Waals surface area contributed by atoms with E-state index in [0.717, 1.165) is 0 Å². The number of oxazole rings is 1. The molecule has 1 aromatic heterocycles. The van der Waals surface area contributed by atoms with Crippen molar-refractivity contribution in [1.29, 1.82) is 0 Å². The molecule has 0 aliphatic carbocycles. The van der Waals surface area contributed by atoms with Gasteiger partial charge in [-0.2, -0.15) is 0 Å². The second kappa shape index (κ2) is 5.55. The lowest BCUT2D eigenvalue weighted by Crippen LogP contribution is -1.97. The zero-order valence-corrected chi connectivity index (χ0v) is 13.0. The van der Waals surface area contributed by atoms with Crippen LogP contribution in [0.15, 0.2) is 52.9 Å². The van der Waals surface area contributed by atoms with Crippen LogP contribution in [-0.4, -0.2) is 26.1 Å². The predicted octanol–water partition coefficient (Wildman–Crippen LogP) is 3.96. The molecule has 26 heavy (non-hydrogen) atoms. The Morgan fingerprint density at radius 3 is 2.62 bits per heavy atom. The molecule has 0 bridgehead atoms. The van der Waals surface area contributed by atoms with E-state index in [-0.39, 0.29) is 27.8 Å². The first-order chi connectivity index (χ1) is 12.5. The molecule has 0 radical (unpaired) electrons. The molecule has 0 aliphatic heterocycles. The highest BCUT2D eigenvalue weighted by atomic mass is 16.6. The number of carbonyl (C=O) groups is 1. The molecule has 1 heterocycles. The third-order valence-electron chi connectivity index (χ3n) is 4.04. The van der Waals surface area contributed by atoms with Gasteiger partial charge in [0, 0.05) is 0 Å². The second-order valence-corrected chi connectivity index (χ2v) is 5.61. The first kappa shape index (κ1) is 15.6. The number of rotatable bonds is 3. The summed E-state index contributed by atoms with van der Waals surface area (Å²) in [6, 6.07) is 12.2. The minimum atomic E-state index is -1.16. The molecule has 3 aromatic carbocycles. The van der Waals surface area contributed by atoms with E-state index in [0.29, 0.717) is 11.1 Å². The van der Waals surface area contributed by atoms with Crippen molar-refractivity contribution >= 4 is 33.5 Å². The second-order valence-electron chi connectivity index (χ2n) is 5.61. The van der Waals surface area contributed by atoms with E-state index in [1.165, 1.54) is 24.3 Å². The van der Waals surface area contributed by atoms with Gasteiger partial charge in [-0.3, -0.25) is 10.1 Å². The number of carboxylic acids is 1. The van der Waals surface area contributed by atoms with Gasteiger partial charge in [0.15, 0.2) is 5.58 Å². The van der Waals surface area contributed by atoms with Gasteiger partial charge in [-0.15, -0.1) is 0 Å². The van der Waals surface area contributed by atoms with E-state index in [9.17, 15) is 20.0 Å². The van der Waals surface area contributed by atoms with E-state index >= 15 is 0 Å². The number of aromatic carboxylic acids is 1. The highest BCUT2D eigenvalue weighted by Gasteiger charge is 2.26. The van der Waals surface area contributed by atoms with Crippen molar-refractivity contribution in [2.45, 2.75) is 0 Å². The van der Waals surface area contributed by atoms with Gasteiger partial charge in [0.1, 0.15) is 5.52 Å². The Labute approximate surface area is 145 Å². The number of aromatic hydroxyl groups is 1. The van der Waals surface area contributed by atoms with E-state index in [2.05, 4.69) is 4.98 Å². The summed E-state index contributed by atoms with van der Waals surface area (Å²) in [5.41, 5.74) is 0.452. The summed E-state index contributed by atoms with van der Waals surface area (Å²) in [6.07, 6.45) is 0. The molecule has 0 saturated carbocycles. The molecular weight excluding hydrogens is 340 g/mol. The summed E-state index contributed by atoms with van der Waals surface area (Å²) >= 11 is 0. The first-order valence-electron chi connectivity index (χ1n) is 7.49. The number of aromatic nitrogens is 1. The van der Waals surface area contributed by atoms with Crippen LogP contribution in [0.3, 0.4) is 0 Å². The molecule has 0 saturated heterocycles. The minimum absolute atomic E-state index is 0.00873. The number of para-hydroxylation sites is 2. The van der Waals surface area contributed by atoms with Crippen molar-refractivity contribution in [2.75, 3.05) is 0 Å². The maximum absolute atomic E-state index is 11.5. The maximum Gasteiger partial charge on any atom is 0.335 e. The average Bonchev–Trinajstić information content (AvgIpc) is 3.04. The zero-order valence-electron chi connectivity index (χ0n) is 13.0. The Morgan fingerprint density at radius 1 is 1.15 bits per heavy atom. The van der Waals surface area contributed by atoms with Crippen LogP contribution in [0.4, 0.5) is 5.69 Å². The first-order valence-corrected chi connectivity index (χ1v) is 7.49. The van der Waals surface area contributed by atoms with Crippen molar-refractivity contribution in [3.63, 3.8) is 0 Å². The smallest absolute Gasteiger partial charge is 0.335 e. The van der Waals surface area contributed by atoms with E-state index in [1.54, 1.807) is 24.3 Å². The largest absolute Gasteiger partial charge is 0.502 e. The average molecular weight is 350 g/mol. The SMILES string of the molecule is O=C(O)c1ccc2c([N+](=O)[O-])c(O)c(-c3nc4ccccc4o3)cc2c1. The molecule has 8 nitrogen and oxygen atoms in total. The third kappa shape index (κ3) is 2.32. The number of phenols is 1. The van der Waals surface area contributed by atoms with Gasteiger partial charge in [0.25, 0.3) is 0 Å². The number of carboxylic acid groups (broad SMARTS) is 1. The van der Waals surface area contributed by atoms with Crippen molar-refractivity contribution in [1.82, 2.24) is 4.98 Å². The molecule has 4 aromatic rings. The maximum atomic E-state index is 11.5. The van der Waals surface area contributed by atoms with Crippen LogP contribution >= 0.6 is 0 Å². The third-order valence-corrected chi connectivity index (χ3v) is 4.04. The Balaban J connectivity index is 2.06. The van der Waals surface area contributed by atoms with E-state index in [4.69, 9.17) is 9.52 Å². The quantitative estimate of drug-likeness (QED) is 0.423. The van der Waals surface area contributed by atoms with Crippen molar-refractivity contribution in [3.8, 4) is 17.2 Å². The number of benzene rings is 3. The normalized spacial score (nSPS) is 11.1. The van der Waals surface area contributed by atoms with Gasteiger partial charge in [-0.1, -0.05) is 12.1 Å². The summed E-state index contributed by atoms with van der Waals surface area (Å²) < 4.78 is 5.59. The lowest BCUT2D eigenvalue weighted by atomic mass is 10.0. The summed E-state index contributed by atoms with van der Waals surface area (Å²) in [7, 11) is 0. The fourth-order valence-corrected chi connectivity index (χ4v) is 2.85. The molecule has 128 valence electrons. The number of hydrogen-bond acceptors (Lipinski definition) is 6. The monoisotopic (exact) mass is 350 g/mol. The molecule has 0 aliphatic rings. The van der Waals surface area contributed by atoms with Crippen LogP contribution < -0.4 is 0 Å². The molecular formula is C18H10N2O6. The number of phenolic OH excluding ortho intramolecular Hbond substituents is 1. The number of hydrogen-bond donors (Lipinski definition) is 2. The van der Waals surface area contributed by atoms with Gasteiger partial charge in [-0.05, 0) is 41.8 Å². The Morgan fingerprint density at radius 2 is 1.92 bits per heavy atom.